The van der Waals surface area contributed by atoms with E-state index in [1.807, 2.05) is 11.8 Å². The third-order valence-electron chi connectivity index (χ3n) is 4.33. The first-order chi connectivity index (χ1) is 10.9. The molecule has 2 fully saturated rings. The van der Waals surface area contributed by atoms with Gasteiger partial charge in [0, 0.05) is 17.4 Å². The topological polar surface area (TPSA) is 108 Å². The molecule has 2 saturated heterocycles. The minimum absolute atomic E-state index is 0.0851. The monoisotopic (exact) mass is 343 g/mol. The zero-order valence-corrected chi connectivity index (χ0v) is 14.3. The number of carboxylic acids is 1. The molecule has 0 aromatic rings. The number of nitrogens with one attached hydrogen (secondary N) is 3. The molecule has 0 radical (unpaired) electrons. The smallest absolute Gasteiger partial charge is 0.326 e. The highest BCUT2D eigenvalue weighted by Gasteiger charge is 2.42. The van der Waals surface area contributed by atoms with Gasteiger partial charge in [0.05, 0.1) is 12.1 Å². The lowest BCUT2D eigenvalue weighted by atomic mass is 10.0. The molecule has 2 aliphatic heterocycles. The van der Waals surface area contributed by atoms with Crippen LogP contribution in [-0.4, -0.2) is 52.1 Å². The first-order valence-corrected chi connectivity index (χ1v) is 9.14. The van der Waals surface area contributed by atoms with Gasteiger partial charge in [-0.1, -0.05) is 20.3 Å². The van der Waals surface area contributed by atoms with Gasteiger partial charge in [0.2, 0.25) is 5.91 Å². The fourth-order valence-electron chi connectivity index (χ4n) is 3.03. The Morgan fingerprint density at radius 1 is 1.35 bits per heavy atom. The molecule has 3 amide bonds. The van der Waals surface area contributed by atoms with Crippen LogP contribution in [0.5, 0.6) is 0 Å². The van der Waals surface area contributed by atoms with Gasteiger partial charge < -0.3 is 21.1 Å². The van der Waals surface area contributed by atoms with Gasteiger partial charge in [-0.15, -0.1) is 0 Å². The summed E-state index contributed by atoms with van der Waals surface area (Å²) in [4.78, 5) is 34.2. The molecule has 7 nitrogen and oxygen atoms in total. The molecule has 0 aromatic heterocycles. The van der Waals surface area contributed by atoms with Crippen molar-refractivity contribution in [3.05, 3.63) is 0 Å². The summed E-state index contributed by atoms with van der Waals surface area (Å²) in [5.41, 5.74) is 0. The number of carbonyl (C=O) groups is 3. The number of fused-ring (bicyclic) bond motifs is 1. The average molecular weight is 343 g/mol. The molecule has 0 spiro atoms. The summed E-state index contributed by atoms with van der Waals surface area (Å²) in [5, 5.41) is 17.9. The third-order valence-corrected chi connectivity index (χ3v) is 5.84. The zero-order valence-electron chi connectivity index (χ0n) is 13.5. The summed E-state index contributed by atoms with van der Waals surface area (Å²) in [5.74, 6) is -0.407. The Balaban J connectivity index is 1.64. The Bertz CT molecular complexity index is 472. The maximum Gasteiger partial charge on any atom is 0.326 e. The van der Waals surface area contributed by atoms with Gasteiger partial charge in [-0.05, 0) is 18.8 Å². The van der Waals surface area contributed by atoms with Crippen molar-refractivity contribution in [1.29, 1.82) is 0 Å². The van der Waals surface area contributed by atoms with Crippen molar-refractivity contribution < 1.29 is 19.5 Å². The van der Waals surface area contributed by atoms with E-state index in [9.17, 15) is 14.4 Å². The number of aliphatic carboxylic acids is 1. The van der Waals surface area contributed by atoms with Crippen molar-refractivity contribution in [3.8, 4) is 0 Å². The molecular formula is C15H25N3O4S. The second-order valence-corrected chi connectivity index (χ2v) is 7.77. The largest absolute Gasteiger partial charge is 0.480 e. The van der Waals surface area contributed by atoms with Gasteiger partial charge >= 0.3 is 12.0 Å². The lowest BCUT2D eigenvalue weighted by molar-refractivity contribution is -0.143. The van der Waals surface area contributed by atoms with E-state index in [0.717, 1.165) is 25.0 Å². The summed E-state index contributed by atoms with van der Waals surface area (Å²) in [7, 11) is 0. The summed E-state index contributed by atoms with van der Waals surface area (Å²) < 4.78 is 0. The van der Waals surface area contributed by atoms with E-state index in [2.05, 4.69) is 16.0 Å². The SMILES string of the molecule is CC(C)C(NC(=O)CCCC[C@@H]1SC[C@@H]2NC(=O)N[C@@H]21)C(=O)O. The van der Waals surface area contributed by atoms with Crippen LogP contribution in [0.25, 0.3) is 0 Å². The maximum atomic E-state index is 11.8. The molecule has 8 heteroatoms. The number of carboxylic acid groups (broad SMARTS) is 1. The number of carbonyl (C=O) groups excluding carboxylic acids is 2. The molecule has 2 aliphatic rings. The van der Waals surface area contributed by atoms with E-state index in [4.69, 9.17) is 5.11 Å². The lowest BCUT2D eigenvalue weighted by Gasteiger charge is -2.18. The molecule has 0 aliphatic carbocycles. The molecular weight excluding hydrogens is 318 g/mol. The molecule has 0 aromatic carbocycles. The van der Waals surface area contributed by atoms with Crippen LogP contribution in [0.2, 0.25) is 0 Å². The highest BCUT2D eigenvalue weighted by molar-refractivity contribution is 8.00. The first-order valence-electron chi connectivity index (χ1n) is 8.09. The van der Waals surface area contributed by atoms with Crippen LogP contribution >= 0.6 is 11.8 Å². The van der Waals surface area contributed by atoms with Crippen LogP contribution in [0.4, 0.5) is 4.79 Å². The van der Waals surface area contributed by atoms with Gasteiger partial charge in [0.1, 0.15) is 6.04 Å². The standard InChI is InChI=1S/C15H25N3O4S/c1-8(2)12(14(20)21)17-11(19)6-4-3-5-10-13-9(7-23-10)16-15(22)18-13/h8-10,12-13H,3-7H2,1-2H3,(H,17,19)(H,20,21)(H2,16,18,22)/t9-,10-,12?,13-/m0/s1. The predicted molar refractivity (Wildman–Crippen MR) is 88.4 cm³/mol. The van der Waals surface area contributed by atoms with Crippen molar-refractivity contribution in [2.45, 2.75) is 62.9 Å². The number of hydrogen-bond donors (Lipinski definition) is 4. The second-order valence-electron chi connectivity index (χ2n) is 6.50. The first kappa shape index (κ1) is 17.9. The van der Waals surface area contributed by atoms with E-state index < -0.39 is 12.0 Å². The van der Waals surface area contributed by atoms with Crippen LogP contribution < -0.4 is 16.0 Å². The Morgan fingerprint density at radius 2 is 2.09 bits per heavy atom. The second kappa shape index (κ2) is 7.90. The molecule has 1 unspecified atom stereocenters. The summed E-state index contributed by atoms with van der Waals surface area (Å²) in [6, 6.07) is -0.492. The fraction of sp³-hybridized carbons (Fsp3) is 0.800. The Morgan fingerprint density at radius 3 is 2.74 bits per heavy atom. The van der Waals surface area contributed by atoms with Gasteiger partial charge in [-0.2, -0.15) is 11.8 Å². The number of amides is 3. The number of unbranched alkanes of at least 4 members (excludes halogenated alkanes) is 1. The number of thioether (sulfide) groups is 1. The summed E-state index contributed by atoms with van der Waals surface area (Å²) in [6.45, 7) is 3.55. The van der Waals surface area contributed by atoms with Gasteiger partial charge in [0.25, 0.3) is 0 Å². The van der Waals surface area contributed by atoms with Crippen LogP contribution in [0, 0.1) is 5.92 Å². The van der Waals surface area contributed by atoms with Crippen LogP contribution in [0.3, 0.4) is 0 Å². The Hall–Kier alpha value is -1.44. The minimum Gasteiger partial charge on any atom is -0.480 e. The van der Waals surface area contributed by atoms with E-state index in [1.54, 1.807) is 13.8 Å². The molecule has 0 bridgehead atoms. The van der Waals surface area contributed by atoms with E-state index in [1.165, 1.54) is 0 Å². The van der Waals surface area contributed by atoms with Gasteiger partial charge in [-0.25, -0.2) is 9.59 Å². The van der Waals surface area contributed by atoms with Crippen molar-refractivity contribution in [1.82, 2.24) is 16.0 Å². The maximum absolute atomic E-state index is 11.8. The normalized spacial score (nSPS) is 27.3. The Kier molecular flexibility index (Phi) is 6.15. The highest BCUT2D eigenvalue weighted by atomic mass is 32.2. The number of hydrogen-bond acceptors (Lipinski definition) is 4. The Labute approximate surface area is 140 Å². The highest BCUT2D eigenvalue weighted by Crippen LogP contribution is 2.33. The average Bonchev–Trinajstić information content (AvgIpc) is 3.00. The summed E-state index contributed by atoms with van der Waals surface area (Å²) in [6.07, 6.45) is 2.91. The molecule has 2 heterocycles. The van der Waals surface area contributed by atoms with Crippen LogP contribution in [-0.2, 0) is 9.59 Å². The van der Waals surface area contributed by atoms with E-state index in [0.29, 0.717) is 11.7 Å². The van der Waals surface area contributed by atoms with E-state index in [-0.39, 0.29) is 29.9 Å². The fourth-order valence-corrected chi connectivity index (χ4v) is 4.58. The number of urea groups is 1. The van der Waals surface area contributed by atoms with Crippen molar-refractivity contribution >= 4 is 29.7 Å². The van der Waals surface area contributed by atoms with Crippen LogP contribution in [0.15, 0.2) is 0 Å². The van der Waals surface area contributed by atoms with Crippen molar-refractivity contribution in [3.63, 3.8) is 0 Å². The van der Waals surface area contributed by atoms with Crippen molar-refractivity contribution in [2.24, 2.45) is 5.92 Å². The number of rotatable bonds is 8. The third kappa shape index (κ3) is 4.76. The quantitative estimate of drug-likeness (QED) is 0.387. The molecule has 4 N–H and O–H groups in total. The molecule has 4 atom stereocenters. The molecule has 23 heavy (non-hydrogen) atoms. The summed E-state index contributed by atoms with van der Waals surface area (Å²) >= 11 is 1.86. The van der Waals surface area contributed by atoms with E-state index >= 15 is 0 Å². The lowest BCUT2D eigenvalue weighted by Crippen LogP contribution is -2.44. The zero-order chi connectivity index (χ0) is 17.0. The molecule has 130 valence electrons. The minimum atomic E-state index is -0.994. The predicted octanol–water partition coefficient (Wildman–Crippen LogP) is 0.938. The molecule has 0 saturated carbocycles. The van der Waals surface area contributed by atoms with Crippen LogP contribution in [0.1, 0.15) is 39.5 Å². The van der Waals surface area contributed by atoms with Gasteiger partial charge in [-0.3, -0.25) is 4.79 Å². The van der Waals surface area contributed by atoms with Gasteiger partial charge in [0.15, 0.2) is 0 Å². The van der Waals surface area contributed by atoms with Crippen molar-refractivity contribution in [2.75, 3.05) is 5.75 Å². The molecule has 2 rings (SSSR count).